The Labute approximate surface area is 193 Å². The lowest BCUT2D eigenvalue weighted by atomic mass is 10.2. The summed E-state index contributed by atoms with van der Waals surface area (Å²) in [6.45, 7) is 2.03. The van der Waals surface area contributed by atoms with Gasteiger partial charge in [0.15, 0.2) is 23.8 Å². The fraction of sp³-hybridized carbons (Fsp3) is 0.273. The number of benzene rings is 1. The van der Waals surface area contributed by atoms with Crippen LogP contribution in [0.2, 0.25) is 5.02 Å². The quantitative estimate of drug-likeness (QED) is 0.396. The Morgan fingerprint density at radius 3 is 2.73 bits per heavy atom. The fourth-order valence-corrected chi connectivity index (χ4v) is 4.33. The van der Waals surface area contributed by atoms with Gasteiger partial charge < -0.3 is 14.1 Å². The summed E-state index contributed by atoms with van der Waals surface area (Å²) in [5.41, 5.74) is 1.48. The maximum atomic E-state index is 14.6. The van der Waals surface area contributed by atoms with Crippen LogP contribution >= 0.6 is 11.6 Å². The Morgan fingerprint density at radius 2 is 2.03 bits per heavy atom. The van der Waals surface area contributed by atoms with Gasteiger partial charge >= 0.3 is 0 Å². The molecule has 0 radical (unpaired) electrons. The van der Waals surface area contributed by atoms with Crippen LogP contribution < -0.4 is 9.64 Å². The number of aldehydes is 1. The zero-order valence-corrected chi connectivity index (χ0v) is 18.4. The Morgan fingerprint density at radius 1 is 1.21 bits per heavy atom. The molecule has 170 valence electrons. The number of hydrogen-bond acceptors (Lipinski definition) is 8. The molecule has 3 aromatic heterocycles. The van der Waals surface area contributed by atoms with E-state index in [-0.39, 0.29) is 5.02 Å². The molecule has 33 heavy (non-hydrogen) atoms. The number of rotatable bonds is 6. The van der Waals surface area contributed by atoms with E-state index in [2.05, 4.69) is 15.1 Å². The largest absolute Gasteiger partial charge is 0.495 e. The van der Waals surface area contributed by atoms with Gasteiger partial charge in [0.05, 0.1) is 29.4 Å². The third kappa shape index (κ3) is 3.81. The van der Waals surface area contributed by atoms with Crippen LogP contribution in [-0.4, -0.2) is 64.2 Å². The number of ether oxygens (including phenoxy) is 1. The number of nitrogens with zero attached hydrogens (tertiary/aromatic N) is 6. The molecule has 11 heteroatoms. The highest BCUT2D eigenvalue weighted by Crippen LogP contribution is 2.33. The molecule has 1 saturated heterocycles. The number of anilines is 1. The molecule has 0 spiro atoms. The smallest absolute Gasteiger partial charge is 0.247 e. The lowest BCUT2D eigenvalue weighted by molar-refractivity contribution is -0.115. The molecule has 0 bridgehead atoms. The van der Waals surface area contributed by atoms with Gasteiger partial charge in [0.1, 0.15) is 17.8 Å². The first-order valence-electron chi connectivity index (χ1n) is 10.3. The number of aromatic nitrogens is 4. The predicted octanol–water partition coefficient (Wildman–Crippen LogP) is 3.41. The number of fused-ring (bicyclic) bond motifs is 1. The summed E-state index contributed by atoms with van der Waals surface area (Å²) in [5, 5.41) is 5.58. The average molecular weight is 471 g/mol. The Kier molecular flexibility index (Phi) is 5.69. The number of pyridine rings is 1. The predicted molar refractivity (Wildman–Crippen MR) is 120 cm³/mol. The van der Waals surface area contributed by atoms with E-state index in [0.717, 1.165) is 11.7 Å². The first kappa shape index (κ1) is 21.4. The van der Waals surface area contributed by atoms with Gasteiger partial charge in [-0.15, -0.1) is 0 Å². The molecule has 4 aromatic rings. The van der Waals surface area contributed by atoms with Crippen LogP contribution in [-0.2, 0) is 4.79 Å². The van der Waals surface area contributed by atoms with E-state index < -0.39 is 12.0 Å². The highest BCUT2D eigenvalue weighted by molar-refractivity contribution is 6.32. The second-order valence-electron chi connectivity index (χ2n) is 7.52. The number of hydrogen-bond donors (Lipinski definition) is 0. The van der Waals surface area contributed by atoms with Crippen molar-refractivity contribution in [2.45, 2.75) is 6.17 Å². The molecule has 0 amide bonds. The van der Waals surface area contributed by atoms with Crippen LogP contribution in [0.4, 0.5) is 10.1 Å². The maximum absolute atomic E-state index is 14.6. The molecule has 1 aliphatic rings. The minimum atomic E-state index is -0.683. The van der Waals surface area contributed by atoms with Crippen LogP contribution in [0.5, 0.6) is 5.75 Å². The maximum Gasteiger partial charge on any atom is 0.247 e. The fourth-order valence-electron chi connectivity index (χ4n) is 4.10. The molecule has 1 fully saturated rings. The second kappa shape index (κ2) is 8.80. The molecule has 4 heterocycles. The molecule has 1 unspecified atom stereocenters. The molecule has 0 N–H and O–H groups in total. The number of piperazine rings is 1. The van der Waals surface area contributed by atoms with Crippen LogP contribution in [0, 0.1) is 5.82 Å². The summed E-state index contributed by atoms with van der Waals surface area (Å²) in [7, 11) is 1.49. The topological polar surface area (TPSA) is 89.5 Å². The summed E-state index contributed by atoms with van der Waals surface area (Å²) in [6, 6.07) is 6.51. The van der Waals surface area contributed by atoms with Crippen molar-refractivity contribution in [1.29, 1.82) is 0 Å². The van der Waals surface area contributed by atoms with Crippen LogP contribution in [0.1, 0.15) is 6.17 Å². The van der Waals surface area contributed by atoms with Crippen LogP contribution in [0.15, 0.2) is 47.3 Å². The molecule has 9 nitrogen and oxygen atoms in total. The lowest BCUT2D eigenvalue weighted by Gasteiger charge is -2.38. The van der Waals surface area contributed by atoms with E-state index in [4.69, 9.17) is 20.8 Å². The molecule has 1 aliphatic heterocycles. The standard InChI is InChI=1S/C22H20ClFN6O3/c1-32-18-12-17(16(24)11-15(18)23)28-6-8-29(9-7-28)19(13-31)30-21-14(3-2-4-25-21)20(27-30)22-26-5-10-33-22/h2-5,10-13,19H,6-9H2,1H3. The van der Waals surface area contributed by atoms with E-state index in [0.29, 0.717) is 54.8 Å². The molecule has 1 atom stereocenters. The van der Waals surface area contributed by atoms with Gasteiger partial charge in [0.2, 0.25) is 5.89 Å². The molecular formula is C22H20ClFN6O3. The minimum absolute atomic E-state index is 0.221. The van der Waals surface area contributed by atoms with Crippen molar-refractivity contribution in [2.75, 3.05) is 38.2 Å². The van der Waals surface area contributed by atoms with Gasteiger partial charge in [-0.25, -0.2) is 19.0 Å². The molecule has 0 saturated carbocycles. The van der Waals surface area contributed by atoms with E-state index in [1.54, 1.807) is 23.0 Å². The summed E-state index contributed by atoms with van der Waals surface area (Å²) >= 11 is 6.02. The first-order chi connectivity index (χ1) is 16.1. The Bertz CT molecular complexity index is 1290. The Balaban J connectivity index is 1.41. The van der Waals surface area contributed by atoms with Crippen molar-refractivity contribution in [3.8, 4) is 17.3 Å². The van der Waals surface area contributed by atoms with E-state index >= 15 is 0 Å². The highest BCUT2D eigenvalue weighted by Gasteiger charge is 2.29. The lowest BCUT2D eigenvalue weighted by Crippen LogP contribution is -2.49. The van der Waals surface area contributed by atoms with E-state index in [1.165, 1.54) is 25.6 Å². The average Bonchev–Trinajstić information content (AvgIpc) is 3.49. The minimum Gasteiger partial charge on any atom is -0.495 e. The molecular weight excluding hydrogens is 451 g/mol. The van der Waals surface area contributed by atoms with Crippen molar-refractivity contribution >= 4 is 34.6 Å². The van der Waals surface area contributed by atoms with Crippen molar-refractivity contribution < 1.29 is 18.3 Å². The summed E-state index contributed by atoms with van der Waals surface area (Å²) in [6.07, 6.45) is 4.81. The summed E-state index contributed by atoms with van der Waals surface area (Å²) < 4.78 is 26.8. The number of carbonyl (C=O) groups excluding carboxylic acids is 1. The van der Waals surface area contributed by atoms with Gasteiger partial charge in [-0.2, -0.15) is 5.10 Å². The molecule has 1 aromatic carbocycles. The van der Waals surface area contributed by atoms with Gasteiger partial charge in [-0.1, -0.05) is 11.6 Å². The third-order valence-electron chi connectivity index (χ3n) is 5.72. The van der Waals surface area contributed by atoms with Gasteiger partial charge in [-0.05, 0) is 18.2 Å². The van der Waals surface area contributed by atoms with E-state index in [1.807, 2.05) is 15.9 Å². The molecule has 5 rings (SSSR count). The second-order valence-corrected chi connectivity index (χ2v) is 7.92. The van der Waals surface area contributed by atoms with Crippen molar-refractivity contribution in [1.82, 2.24) is 24.6 Å². The van der Waals surface area contributed by atoms with Crippen LogP contribution in [0.3, 0.4) is 0 Å². The monoisotopic (exact) mass is 470 g/mol. The Hall–Kier alpha value is -3.50. The number of halogens is 2. The number of oxazole rings is 1. The number of carbonyl (C=O) groups is 1. The number of methoxy groups -OCH3 is 1. The van der Waals surface area contributed by atoms with Crippen LogP contribution in [0.25, 0.3) is 22.6 Å². The first-order valence-corrected chi connectivity index (χ1v) is 10.7. The van der Waals surface area contributed by atoms with Gasteiger partial charge in [0, 0.05) is 38.4 Å². The third-order valence-corrected chi connectivity index (χ3v) is 6.02. The van der Waals surface area contributed by atoms with Gasteiger partial charge in [-0.3, -0.25) is 9.69 Å². The van der Waals surface area contributed by atoms with Gasteiger partial charge in [0.25, 0.3) is 0 Å². The highest BCUT2D eigenvalue weighted by atomic mass is 35.5. The van der Waals surface area contributed by atoms with Crippen molar-refractivity contribution in [3.63, 3.8) is 0 Å². The van der Waals surface area contributed by atoms with Crippen molar-refractivity contribution in [2.24, 2.45) is 0 Å². The summed E-state index contributed by atoms with van der Waals surface area (Å²) in [5.74, 6) is 0.349. The zero-order chi connectivity index (χ0) is 22.9. The van der Waals surface area contributed by atoms with Crippen molar-refractivity contribution in [3.05, 3.63) is 53.8 Å². The summed E-state index contributed by atoms with van der Waals surface area (Å²) in [4.78, 5) is 24.7. The molecule has 0 aliphatic carbocycles. The SMILES string of the molecule is COc1cc(N2CCN(C(C=O)n3nc(-c4ncco4)c4cccnc43)CC2)c(F)cc1Cl. The van der Waals surface area contributed by atoms with E-state index in [9.17, 15) is 9.18 Å². The normalized spacial score (nSPS) is 15.7. The zero-order valence-electron chi connectivity index (χ0n) is 17.7.